The predicted octanol–water partition coefficient (Wildman–Crippen LogP) is 0.941. The Labute approximate surface area is 138 Å². The van der Waals surface area contributed by atoms with Gasteiger partial charge in [-0.15, -0.1) is 5.10 Å². The number of aromatic nitrogens is 3. The summed E-state index contributed by atoms with van der Waals surface area (Å²) >= 11 is 0. The van der Waals surface area contributed by atoms with Crippen LogP contribution in [0.4, 0.5) is 0 Å². The minimum Gasteiger partial charge on any atom is -0.480 e. The molecule has 2 aromatic rings. The van der Waals surface area contributed by atoms with Crippen molar-refractivity contribution in [2.24, 2.45) is 0 Å². The average molecular weight is 332 g/mol. The number of nitrogens with zero attached hydrogens (tertiary/aromatic N) is 3. The summed E-state index contributed by atoms with van der Waals surface area (Å²) in [6, 6.07) is 5.92. The SMILES string of the molecule is CCCC[C@H](NC(=O)CCn1nnc2ccccc2c1=O)C(=O)O. The van der Waals surface area contributed by atoms with E-state index >= 15 is 0 Å². The van der Waals surface area contributed by atoms with Crippen molar-refractivity contribution >= 4 is 22.8 Å². The number of unbranched alkanes of at least 4 members (excludes halogenated alkanes) is 1. The monoisotopic (exact) mass is 332 g/mol. The minimum absolute atomic E-state index is 0.0389. The molecule has 2 rings (SSSR count). The molecule has 128 valence electrons. The third kappa shape index (κ3) is 4.37. The van der Waals surface area contributed by atoms with Crippen LogP contribution in [0.3, 0.4) is 0 Å². The lowest BCUT2D eigenvalue weighted by atomic mass is 10.1. The number of benzene rings is 1. The molecule has 0 fully saturated rings. The number of aryl methyl sites for hydroxylation is 1. The Morgan fingerprint density at radius 3 is 2.79 bits per heavy atom. The molecule has 0 aliphatic carbocycles. The van der Waals surface area contributed by atoms with Crippen molar-refractivity contribution in [2.45, 2.75) is 45.2 Å². The molecule has 1 heterocycles. The number of carbonyl (C=O) groups is 2. The summed E-state index contributed by atoms with van der Waals surface area (Å²) < 4.78 is 1.11. The zero-order valence-electron chi connectivity index (χ0n) is 13.4. The van der Waals surface area contributed by atoms with Gasteiger partial charge in [-0.05, 0) is 18.6 Å². The topological polar surface area (TPSA) is 114 Å². The van der Waals surface area contributed by atoms with Crippen molar-refractivity contribution in [2.75, 3.05) is 0 Å². The van der Waals surface area contributed by atoms with Crippen molar-refractivity contribution in [1.82, 2.24) is 20.3 Å². The maximum Gasteiger partial charge on any atom is 0.326 e. The van der Waals surface area contributed by atoms with Gasteiger partial charge in [0.05, 0.1) is 11.9 Å². The van der Waals surface area contributed by atoms with E-state index in [1.165, 1.54) is 0 Å². The van der Waals surface area contributed by atoms with Crippen molar-refractivity contribution in [1.29, 1.82) is 0 Å². The molecule has 0 saturated carbocycles. The molecule has 24 heavy (non-hydrogen) atoms. The van der Waals surface area contributed by atoms with Crippen molar-refractivity contribution in [3.63, 3.8) is 0 Å². The van der Waals surface area contributed by atoms with E-state index < -0.39 is 17.9 Å². The molecule has 0 spiro atoms. The highest BCUT2D eigenvalue weighted by Crippen LogP contribution is 2.04. The molecule has 1 aromatic heterocycles. The zero-order valence-corrected chi connectivity index (χ0v) is 13.4. The van der Waals surface area contributed by atoms with Gasteiger partial charge in [-0.1, -0.05) is 37.1 Å². The molecule has 2 N–H and O–H groups in total. The minimum atomic E-state index is -1.06. The van der Waals surface area contributed by atoms with E-state index in [0.717, 1.165) is 11.1 Å². The molecule has 0 bridgehead atoms. The van der Waals surface area contributed by atoms with Gasteiger partial charge in [0.1, 0.15) is 11.6 Å². The van der Waals surface area contributed by atoms with Crippen LogP contribution >= 0.6 is 0 Å². The van der Waals surface area contributed by atoms with Crippen LogP contribution in [0.5, 0.6) is 0 Å². The van der Waals surface area contributed by atoms with E-state index in [-0.39, 0.29) is 18.5 Å². The van der Waals surface area contributed by atoms with Crippen LogP contribution < -0.4 is 10.9 Å². The lowest BCUT2D eigenvalue weighted by Crippen LogP contribution is -2.41. The van der Waals surface area contributed by atoms with E-state index in [1.807, 2.05) is 6.92 Å². The average Bonchev–Trinajstić information content (AvgIpc) is 2.58. The standard InChI is InChI=1S/C16H20N4O4/c1-2-3-7-13(16(23)24)17-14(21)9-10-20-15(22)11-6-4-5-8-12(11)18-19-20/h4-6,8,13H,2-3,7,9-10H2,1H3,(H,17,21)(H,23,24)/t13-/m0/s1. The van der Waals surface area contributed by atoms with Crippen LogP contribution in [0.1, 0.15) is 32.6 Å². The predicted molar refractivity (Wildman–Crippen MR) is 87.5 cm³/mol. The number of hydrogen-bond acceptors (Lipinski definition) is 5. The van der Waals surface area contributed by atoms with Gasteiger partial charge < -0.3 is 10.4 Å². The Morgan fingerprint density at radius 2 is 2.08 bits per heavy atom. The van der Waals surface area contributed by atoms with Gasteiger partial charge in [0.25, 0.3) is 5.56 Å². The van der Waals surface area contributed by atoms with Crippen LogP contribution in [0.2, 0.25) is 0 Å². The Bertz CT molecular complexity index is 787. The number of aliphatic carboxylic acids is 1. The Balaban J connectivity index is 2.00. The number of fused-ring (bicyclic) bond motifs is 1. The normalized spacial score (nSPS) is 12.0. The number of carbonyl (C=O) groups excluding carboxylic acids is 1. The molecule has 8 nitrogen and oxygen atoms in total. The number of rotatable bonds is 8. The fraction of sp³-hybridized carbons (Fsp3) is 0.438. The van der Waals surface area contributed by atoms with Gasteiger partial charge in [0.2, 0.25) is 5.91 Å². The Hall–Kier alpha value is -2.77. The van der Waals surface area contributed by atoms with E-state index in [0.29, 0.717) is 23.7 Å². The van der Waals surface area contributed by atoms with Crippen LogP contribution in [0.15, 0.2) is 29.1 Å². The molecule has 1 atom stereocenters. The van der Waals surface area contributed by atoms with Gasteiger partial charge >= 0.3 is 5.97 Å². The molecular weight excluding hydrogens is 312 g/mol. The summed E-state index contributed by atoms with van der Waals surface area (Å²) in [5.41, 5.74) is 0.169. The lowest BCUT2D eigenvalue weighted by Gasteiger charge is -2.14. The first-order chi connectivity index (χ1) is 11.5. The van der Waals surface area contributed by atoms with E-state index in [9.17, 15) is 14.4 Å². The third-order valence-electron chi connectivity index (χ3n) is 3.66. The van der Waals surface area contributed by atoms with Crippen LogP contribution in [0, 0.1) is 0 Å². The van der Waals surface area contributed by atoms with Crippen LogP contribution in [-0.4, -0.2) is 38.0 Å². The Morgan fingerprint density at radius 1 is 1.33 bits per heavy atom. The van der Waals surface area contributed by atoms with Crippen molar-refractivity contribution in [3.8, 4) is 0 Å². The fourth-order valence-electron chi connectivity index (χ4n) is 2.31. The van der Waals surface area contributed by atoms with Gasteiger partial charge in [0, 0.05) is 6.42 Å². The third-order valence-corrected chi connectivity index (χ3v) is 3.66. The fourth-order valence-corrected chi connectivity index (χ4v) is 2.31. The maximum atomic E-state index is 12.2. The molecule has 1 amide bonds. The number of amides is 1. The van der Waals surface area contributed by atoms with Crippen LogP contribution in [0.25, 0.3) is 10.9 Å². The summed E-state index contributed by atoms with van der Waals surface area (Å²) in [6.07, 6.45) is 1.91. The van der Waals surface area contributed by atoms with Gasteiger partial charge in [-0.3, -0.25) is 9.59 Å². The highest BCUT2D eigenvalue weighted by molar-refractivity contribution is 5.83. The van der Waals surface area contributed by atoms with Gasteiger partial charge in [-0.25, -0.2) is 9.48 Å². The molecule has 0 radical (unpaired) electrons. The molecule has 0 unspecified atom stereocenters. The van der Waals surface area contributed by atoms with Crippen molar-refractivity contribution in [3.05, 3.63) is 34.6 Å². The van der Waals surface area contributed by atoms with E-state index in [4.69, 9.17) is 5.11 Å². The molecular formula is C16H20N4O4. The summed E-state index contributed by atoms with van der Waals surface area (Å²) in [4.78, 5) is 35.3. The molecule has 0 saturated heterocycles. The first-order valence-electron chi connectivity index (χ1n) is 7.87. The van der Waals surface area contributed by atoms with Gasteiger partial charge in [-0.2, -0.15) is 0 Å². The van der Waals surface area contributed by atoms with E-state index in [2.05, 4.69) is 15.6 Å². The number of nitrogens with one attached hydrogen (secondary N) is 1. The first-order valence-corrected chi connectivity index (χ1v) is 7.87. The quantitative estimate of drug-likeness (QED) is 0.743. The second-order valence-electron chi connectivity index (χ2n) is 5.49. The number of carboxylic acids is 1. The van der Waals surface area contributed by atoms with Gasteiger partial charge in [0.15, 0.2) is 0 Å². The number of carboxylic acid groups (broad SMARTS) is 1. The molecule has 8 heteroatoms. The summed E-state index contributed by atoms with van der Waals surface area (Å²) in [5, 5.41) is 19.7. The molecule has 1 aromatic carbocycles. The smallest absolute Gasteiger partial charge is 0.326 e. The second kappa shape index (κ2) is 8.19. The summed E-state index contributed by atoms with van der Waals surface area (Å²) in [5.74, 6) is -1.49. The largest absolute Gasteiger partial charge is 0.480 e. The zero-order chi connectivity index (χ0) is 17.5. The summed E-state index contributed by atoms with van der Waals surface area (Å²) in [7, 11) is 0. The molecule has 0 aliphatic rings. The highest BCUT2D eigenvalue weighted by atomic mass is 16.4. The second-order valence-corrected chi connectivity index (χ2v) is 5.49. The number of hydrogen-bond donors (Lipinski definition) is 2. The van der Waals surface area contributed by atoms with E-state index in [1.54, 1.807) is 24.3 Å². The first kappa shape index (κ1) is 17.6. The Kier molecular flexibility index (Phi) is 6.00. The molecule has 0 aliphatic heterocycles. The summed E-state index contributed by atoms with van der Waals surface area (Å²) in [6.45, 7) is 1.99. The lowest BCUT2D eigenvalue weighted by molar-refractivity contribution is -0.142. The maximum absolute atomic E-state index is 12.2. The van der Waals surface area contributed by atoms with Crippen molar-refractivity contribution < 1.29 is 14.7 Å². The van der Waals surface area contributed by atoms with Crippen LogP contribution in [-0.2, 0) is 16.1 Å². The highest BCUT2D eigenvalue weighted by Gasteiger charge is 2.19.